The van der Waals surface area contributed by atoms with E-state index in [1.54, 1.807) is 6.92 Å². The summed E-state index contributed by atoms with van der Waals surface area (Å²) in [6, 6.07) is 5.96. The van der Waals surface area contributed by atoms with Crippen molar-refractivity contribution in [2.75, 3.05) is 13.1 Å². The Hall–Kier alpha value is -2.47. The van der Waals surface area contributed by atoms with Gasteiger partial charge >= 0.3 is 0 Å². The van der Waals surface area contributed by atoms with Gasteiger partial charge in [-0.1, -0.05) is 23.4 Å². The lowest BCUT2D eigenvalue weighted by molar-refractivity contribution is -0.0810. The molecule has 1 fully saturated rings. The van der Waals surface area contributed by atoms with Gasteiger partial charge in [0.1, 0.15) is 0 Å². The van der Waals surface area contributed by atoms with Gasteiger partial charge in [0.2, 0.25) is 0 Å². The van der Waals surface area contributed by atoms with E-state index in [1.807, 2.05) is 30.0 Å². The van der Waals surface area contributed by atoms with Crippen molar-refractivity contribution in [1.29, 1.82) is 0 Å². The van der Waals surface area contributed by atoms with Crippen LogP contribution in [0.5, 0.6) is 0 Å². The number of aryl methyl sites for hydroxylation is 2. The molecule has 1 aliphatic carbocycles. The number of amides is 1. The highest BCUT2D eigenvalue weighted by molar-refractivity contribution is 5.95. The number of carbonyl (C=O) groups is 1. The van der Waals surface area contributed by atoms with Crippen LogP contribution < -0.4 is 0 Å². The topological polar surface area (TPSA) is 68.5 Å². The predicted molar refractivity (Wildman–Crippen MR) is 92.0 cm³/mol. The molecule has 1 aromatic heterocycles. The Kier molecular flexibility index (Phi) is 4.13. The number of morpholine rings is 1. The van der Waals surface area contributed by atoms with Crippen LogP contribution in [0.3, 0.4) is 0 Å². The Labute approximate surface area is 146 Å². The largest absolute Gasteiger partial charge is 0.362 e. The number of hydrogen-bond acceptors (Lipinski definition) is 5. The Morgan fingerprint density at radius 1 is 1.32 bits per heavy atom. The molecule has 4 rings (SSSR count). The molecule has 2 heterocycles. The Bertz CT molecular complexity index is 827. The third kappa shape index (κ3) is 3.22. The summed E-state index contributed by atoms with van der Waals surface area (Å²) in [5.74, 6) is 1.02. The van der Waals surface area contributed by atoms with Crippen molar-refractivity contribution >= 4 is 12.0 Å². The minimum absolute atomic E-state index is 0.0220. The van der Waals surface area contributed by atoms with Crippen molar-refractivity contribution in [2.45, 2.75) is 38.9 Å². The van der Waals surface area contributed by atoms with Gasteiger partial charge in [-0.2, -0.15) is 4.98 Å². The number of allylic oxidation sites excluding steroid dienone is 1. The third-order valence-corrected chi connectivity index (χ3v) is 4.63. The van der Waals surface area contributed by atoms with Gasteiger partial charge in [0.25, 0.3) is 11.8 Å². The van der Waals surface area contributed by atoms with Crippen molar-refractivity contribution in [3.63, 3.8) is 0 Å². The second-order valence-electron chi connectivity index (χ2n) is 6.68. The first-order valence-electron chi connectivity index (χ1n) is 8.64. The molecule has 6 heteroatoms. The van der Waals surface area contributed by atoms with Gasteiger partial charge in [-0.05, 0) is 49.9 Å². The number of hydrogen-bond donors (Lipinski definition) is 0. The van der Waals surface area contributed by atoms with E-state index >= 15 is 0 Å². The minimum atomic E-state index is -0.380. The summed E-state index contributed by atoms with van der Waals surface area (Å²) in [5.41, 5.74) is 3.17. The monoisotopic (exact) mass is 339 g/mol. The zero-order valence-corrected chi connectivity index (χ0v) is 14.4. The molecule has 1 aliphatic heterocycles. The van der Waals surface area contributed by atoms with E-state index in [9.17, 15) is 4.79 Å². The number of nitrogens with zero attached hydrogens (tertiary/aromatic N) is 3. The van der Waals surface area contributed by atoms with Crippen molar-refractivity contribution < 1.29 is 14.1 Å². The lowest BCUT2D eigenvalue weighted by Gasteiger charge is -2.35. The Morgan fingerprint density at radius 2 is 2.20 bits per heavy atom. The molecule has 130 valence electrons. The molecular weight excluding hydrogens is 318 g/mol. The van der Waals surface area contributed by atoms with Gasteiger partial charge in [0.15, 0.2) is 11.9 Å². The van der Waals surface area contributed by atoms with Crippen LogP contribution in [0.2, 0.25) is 0 Å². The first-order chi connectivity index (χ1) is 12.1. The zero-order valence-electron chi connectivity index (χ0n) is 14.4. The first kappa shape index (κ1) is 16.0. The second kappa shape index (κ2) is 6.44. The number of aromatic nitrogens is 2. The standard InChI is InChI=1S/C19H21N3O3/c1-12-10-22(11-17(24-12)18-20-13(2)21-25-18)19(23)16-8-7-14-5-3-4-6-15(14)9-16/h3,5,7-9,12,17H,4,6,10-11H2,1-2H3/t12-,17-/m1/s1. The maximum Gasteiger partial charge on any atom is 0.257 e. The molecule has 2 aromatic rings. The number of fused-ring (bicyclic) bond motifs is 1. The van der Waals surface area contributed by atoms with Gasteiger partial charge in [0.05, 0.1) is 12.6 Å². The summed E-state index contributed by atoms with van der Waals surface area (Å²) >= 11 is 0. The molecule has 0 bridgehead atoms. The summed E-state index contributed by atoms with van der Waals surface area (Å²) in [4.78, 5) is 19.1. The van der Waals surface area contributed by atoms with E-state index in [-0.39, 0.29) is 18.1 Å². The van der Waals surface area contributed by atoms with Gasteiger partial charge in [-0.15, -0.1) is 0 Å². The van der Waals surface area contributed by atoms with Crippen LogP contribution >= 0.6 is 0 Å². The molecule has 0 spiro atoms. The lowest BCUT2D eigenvalue weighted by Crippen LogP contribution is -2.46. The molecule has 6 nitrogen and oxygen atoms in total. The van der Waals surface area contributed by atoms with E-state index in [0.717, 1.165) is 18.4 Å². The predicted octanol–water partition coefficient (Wildman–Crippen LogP) is 2.94. The summed E-state index contributed by atoms with van der Waals surface area (Å²) < 4.78 is 11.1. The van der Waals surface area contributed by atoms with Gasteiger partial charge < -0.3 is 14.2 Å². The summed E-state index contributed by atoms with van der Waals surface area (Å²) in [7, 11) is 0. The molecule has 0 unspecified atom stereocenters. The van der Waals surface area contributed by atoms with E-state index in [4.69, 9.17) is 9.26 Å². The maximum absolute atomic E-state index is 13.0. The van der Waals surface area contributed by atoms with E-state index < -0.39 is 0 Å². The van der Waals surface area contributed by atoms with Crippen LogP contribution in [-0.4, -0.2) is 40.1 Å². The van der Waals surface area contributed by atoms with Crippen molar-refractivity contribution in [1.82, 2.24) is 15.0 Å². The van der Waals surface area contributed by atoms with Crippen LogP contribution in [0.15, 0.2) is 28.8 Å². The van der Waals surface area contributed by atoms with Gasteiger partial charge in [-0.25, -0.2) is 0 Å². The summed E-state index contributed by atoms with van der Waals surface area (Å²) in [6.45, 7) is 4.69. The van der Waals surface area contributed by atoms with Crippen LogP contribution in [0.1, 0.15) is 52.6 Å². The van der Waals surface area contributed by atoms with E-state index in [2.05, 4.69) is 22.3 Å². The van der Waals surface area contributed by atoms with E-state index in [0.29, 0.717) is 24.8 Å². The van der Waals surface area contributed by atoms with E-state index in [1.165, 1.54) is 11.1 Å². The molecule has 1 aromatic carbocycles. The average Bonchev–Trinajstić information content (AvgIpc) is 3.06. The highest BCUT2D eigenvalue weighted by Gasteiger charge is 2.33. The molecule has 2 aliphatic rings. The van der Waals surface area contributed by atoms with Gasteiger partial charge in [0, 0.05) is 12.1 Å². The van der Waals surface area contributed by atoms with Crippen molar-refractivity contribution in [3.8, 4) is 0 Å². The fraction of sp³-hybridized carbons (Fsp3) is 0.421. The fourth-order valence-electron chi connectivity index (χ4n) is 3.45. The fourth-order valence-corrected chi connectivity index (χ4v) is 3.45. The summed E-state index contributed by atoms with van der Waals surface area (Å²) in [6.07, 6.45) is 5.83. The quantitative estimate of drug-likeness (QED) is 0.841. The zero-order chi connectivity index (χ0) is 17.4. The maximum atomic E-state index is 13.0. The number of rotatable bonds is 2. The minimum Gasteiger partial charge on any atom is -0.362 e. The normalized spacial score (nSPS) is 22.7. The highest BCUT2D eigenvalue weighted by atomic mass is 16.5. The van der Waals surface area contributed by atoms with Gasteiger partial charge in [-0.3, -0.25) is 4.79 Å². The molecule has 2 atom stereocenters. The molecule has 25 heavy (non-hydrogen) atoms. The van der Waals surface area contributed by atoms with Crippen molar-refractivity contribution in [3.05, 3.63) is 52.7 Å². The number of carbonyl (C=O) groups excluding carboxylic acids is 1. The average molecular weight is 339 g/mol. The lowest BCUT2D eigenvalue weighted by atomic mass is 9.95. The SMILES string of the molecule is Cc1noc([C@H]2CN(C(=O)c3ccc4c(c3)CCC=C4)C[C@@H](C)O2)n1. The van der Waals surface area contributed by atoms with Crippen LogP contribution in [0, 0.1) is 6.92 Å². The molecule has 0 radical (unpaired) electrons. The van der Waals surface area contributed by atoms with Crippen LogP contribution in [-0.2, 0) is 11.2 Å². The first-order valence-corrected chi connectivity index (χ1v) is 8.64. The van der Waals surface area contributed by atoms with Crippen LogP contribution in [0.25, 0.3) is 6.08 Å². The number of benzene rings is 1. The molecule has 1 saturated heterocycles. The van der Waals surface area contributed by atoms with Crippen molar-refractivity contribution in [2.24, 2.45) is 0 Å². The highest BCUT2D eigenvalue weighted by Crippen LogP contribution is 2.26. The molecule has 0 saturated carbocycles. The summed E-state index contributed by atoms with van der Waals surface area (Å²) in [5, 5.41) is 3.82. The second-order valence-corrected chi connectivity index (χ2v) is 6.68. The smallest absolute Gasteiger partial charge is 0.257 e. The Balaban J connectivity index is 1.55. The Morgan fingerprint density at radius 3 is 3.00 bits per heavy atom. The molecule has 0 N–H and O–H groups in total. The molecule has 1 amide bonds. The number of ether oxygens (including phenoxy) is 1. The molecular formula is C19H21N3O3. The third-order valence-electron chi connectivity index (χ3n) is 4.63. The van der Waals surface area contributed by atoms with Crippen LogP contribution in [0.4, 0.5) is 0 Å².